The molecule has 0 aliphatic rings. The zero-order valence-corrected chi connectivity index (χ0v) is 12.4. The van der Waals surface area contributed by atoms with Gasteiger partial charge in [0.05, 0.1) is 18.4 Å². The van der Waals surface area contributed by atoms with Crippen LogP contribution in [0.15, 0.2) is 73.1 Å². The monoisotopic (exact) mass is 291 g/mol. The first-order valence-corrected chi connectivity index (χ1v) is 7.20. The Morgan fingerprint density at radius 3 is 2.73 bits per heavy atom. The van der Waals surface area contributed by atoms with Crippen molar-refractivity contribution in [1.29, 1.82) is 0 Å². The maximum absolute atomic E-state index is 12.4. The van der Waals surface area contributed by atoms with Crippen molar-refractivity contribution in [3.05, 3.63) is 78.8 Å². The molecule has 0 bridgehead atoms. The maximum Gasteiger partial charge on any atom is 0.251 e. The Bertz CT molecular complexity index is 805. The van der Waals surface area contributed by atoms with Crippen LogP contribution in [0.1, 0.15) is 12.6 Å². The van der Waals surface area contributed by atoms with E-state index in [1.807, 2.05) is 72.2 Å². The van der Waals surface area contributed by atoms with Crippen LogP contribution in [0, 0.1) is 0 Å². The lowest BCUT2D eigenvalue weighted by molar-refractivity contribution is -0.114. The Balaban J connectivity index is 1.98. The van der Waals surface area contributed by atoms with Gasteiger partial charge >= 0.3 is 0 Å². The maximum atomic E-state index is 12.4. The third kappa shape index (κ3) is 2.76. The molecule has 1 aromatic carbocycles. The molecule has 3 aromatic rings. The number of imidazole rings is 1. The number of fused-ring (bicyclic) bond motifs is 1. The van der Waals surface area contributed by atoms with E-state index in [2.05, 4.69) is 4.98 Å². The van der Waals surface area contributed by atoms with Crippen LogP contribution in [0.3, 0.4) is 0 Å². The molecule has 0 saturated heterocycles. The zero-order chi connectivity index (χ0) is 15.4. The molecule has 2 heterocycles. The largest absolute Gasteiger partial charge is 0.303 e. The number of carbonyl (C=O) groups excluding carboxylic acids is 1. The van der Waals surface area contributed by atoms with Crippen molar-refractivity contribution in [3.63, 3.8) is 0 Å². The summed E-state index contributed by atoms with van der Waals surface area (Å²) in [5.74, 6) is -0.0421. The smallest absolute Gasteiger partial charge is 0.251 e. The molecule has 4 heteroatoms. The number of aromatic nitrogens is 2. The van der Waals surface area contributed by atoms with Gasteiger partial charge in [-0.1, -0.05) is 30.3 Å². The Labute approximate surface area is 129 Å². The van der Waals surface area contributed by atoms with Crippen molar-refractivity contribution >= 4 is 17.2 Å². The number of amides is 1. The average molecular weight is 291 g/mol. The molecule has 0 N–H and O–H groups in total. The highest BCUT2D eigenvalue weighted by Crippen LogP contribution is 2.18. The number of anilines is 1. The first kappa shape index (κ1) is 14.1. The lowest BCUT2D eigenvalue weighted by Crippen LogP contribution is -2.29. The third-order valence-corrected chi connectivity index (χ3v) is 3.46. The third-order valence-electron chi connectivity index (χ3n) is 3.46. The van der Waals surface area contributed by atoms with Crippen molar-refractivity contribution in [2.45, 2.75) is 13.5 Å². The summed E-state index contributed by atoms with van der Waals surface area (Å²) >= 11 is 0. The summed E-state index contributed by atoms with van der Waals surface area (Å²) < 4.78 is 2.00. The highest BCUT2D eigenvalue weighted by molar-refractivity contribution is 6.01. The van der Waals surface area contributed by atoms with Crippen LogP contribution in [-0.4, -0.2) is 15.3 Å². The standard InChI is InChI=1S/C18H17N3O/c1-2-8-18(22)21(15-9-4-3-5-10-15)14-16-13-19-17-11-6-7-12-20(16)17/h2-13H,14H2,1H3. The minimum atomic E-state index is -0.0421. The molecule has 3 rings (SSSR count). The van der Waals surface area contributed by atoms with Crippen LogP contribution < -0.4 is 4.90 Å². The van der Waals surface area contributed by atoms with Crippen LogP contribution in [0.4, 0.5) is 5.69 Å². The lowest BCUT2D eigenvalue weighted by Gasteiger charge is -2.21. The molecule has 2 aromatic heterocycles. The SMILES string of the molecule is CC=CC(=O)N(Cc1cnc2ccccn12)c1ccccc1. The van der Waals surface area contributed by atoms with Gasteiger partial charge in [0.2, 0.25) is 0 Å². The second kappa shape index (κ2) is 6.26. The van der Waals surface area contributed by atoms with Gasteiger partial charge in [0, 0.05) is 11.9 Å². The Hall–Kier alpha value is -2.88. The van der Waals surface area contributed by atoms with Crippen LogP contribution in [0.2, 0.25) is 0 Å². The molecule has 0 aliphatic carbocycles. The Morgan fingerprint density at radius 1 is 1.18 bits per heavy atom. The number of para-hydroxylation sites is 1. The van der Waals surface area contributed by atoms with E-state index < -0.39 is 0 Å². The second-order valence-corrected chi connectivity index (χ2v) is 4.94. The summed E-state index contributed by atoms with van der Waals surface area (Å²) in [4.78, 5) is 18.5. The predicted octanol–water partition coefficient (Wildman–Crippen LogP) is 3.44. The molecule has 0 fully saturated rings. The highest BCUT2D eigenvalue weighted by atomic mass is 16.2. The number of nitrogens with zero attached hydrogens (tertiary/aromatic N) is 3. The number of benzene rings is 1. The van der Waals surface area contributed by atoms with Crippen molar-refractivity contribution in [2.75, 3.05) is 4.90 Å². The number of allylic oxidation sites excluding steroid dienone is 1. The molecule has 0 atom stereocenters. The van der Waals surface area contributed by atoms with Gasteiger partial charge in [-0.2, -0.15) is 0 Å². The molecule has 4 nitrogen and oxygen atoms in total. The van der Waals surface area contributed by atoms with E-state index in [4.69, 9.17) is 0 Å². The Morgan fingerprint density at radius 2 is 1.95 bits per heavy atom. The summed E-state index contributed by atoms with van der Waals surface area (Å²) in [7, 11) is 0. The molecule has 0 saturated carbocycles. The van der Waals surface area contributed by atoms with Gasteiger partial charge < -0.3 is 9.30 Å². The molecule has 1 amide bonds. The summed E-state index contributed by atoms with van der Waals surface area (Å²) in [6.45, 7) is 2.31. The van der Waals surface area contributed by atoms with E-state index in [1.54, 1.807) is 17.1 Å². The molecule has 0 spiro atoms. The predicted molar refractivity (Wildman–Crippen MR) is 87.6 cm³/mol. The number of rotatable bonds is 4. The molecule has 0 aliphatic heterocycles. The van der Waals surface area contributed by atoms with Crippen LogP contribution in [0.25, 0.3) is 5.65 Å². The summed E-state index contributed by atoms with van der Waals surface area (Å²) in [6, 6.07) is 15.5. The second-order valence-electron chi connectivity index (χ2n) is 4.94. The van der Waals surface area contributed by atoms with E-state index >= 15 is 0 Å². The molecule has 0 unspecified atom stereocenters. The fourth-order valence-corrected chi connectivity index (χ4v) is 2.40. The fraction of sp³-hybridized carbons (Fsp3) is 0.111. The quantitative estimate of drug-likeness (QED) is 0.690. The van der Waals surface area contributed by atoms with Crippen molar-refractivity contribution in [2.24, 2.45) is 0 Å². The van der Waals surface area contributed by atoms with Gasteiger partial charge in [0.25, 0.3) is 5.91 Å². The lowest BCUT2D eigenvalue weighted by atomic mass is 10.2. The van der Waals surface area contributed by atoms with Crippen molar-refractivity contribution in [1.82, 2.24) is 9.38 Å². The number of pyridine rings is 1. The van der Waals surface area contributed by atoms with Crippen LogP contribution in [0.5, 0.6) is 0 Å². The topological polar surface area (TPSA) is 37.6 Å². The van der Waals surface area contributed by atoms with E-state index in [-0.39, 0.29) is 5.91 Å². The number of carbonyl (C=O) groups is 1. The van der Waals surface area contributed by atoms with Gasteiger partial charge in [-0.25, -0.2) is 4.98 Å². The van der Waals surface area contributed by atoms with E-state index in [0.29, 0.717) is 6.54 Å². The molecule has 22 heavy (non-hydrogen) atoms. The number of hydrogen-bond acceptors (Lipinski definition) is 2. The minimum absolute atomic E-state index is 0.0421. The molecular weight excluding hydrogens is 274 g/mol. The number of hydrogen-bond donors (Lipinski definition) is 0. The molecular formula is C18H17N3O. The van der Waals surface area contributed by atoms with Gasteiger partial charge in [0.15, 0.2) is 0 Å². The molecule has 110 valence electrons. The minimum Gasteiger partial charge on any atom is -0.303 e. The van der Waals surface area contributed by atoms with Gasteiger partial charge in [-0.15, -0.1) is 0 Å². The zero-order valence-electron chi connectivity index (χ0n) is 12.4. The first-order chi connectivity index (χ1) is 10.8. The summed E-state index contributed by atoms with van der Waals surface area (Å²) in [6.07, 6.45) is 7.11. The fourth-order valence-electron chi connectivity index (χ4n) is 2.40. The molecule has 0 radical (unpaired) electrons. The first-order valence-electron chi connectivity index (χ1n) is 7.20. The normalized spacial score (nSPS) is 11.1. The highest BCUT2D eigenvalue weighted by Gasteiger charge is 2.15. The van der Waals surface area contributed by atoms with Crippen LogP contribution in [-0.2, 0) is 11.3 Å². The summed E-state index contributed by atoms with van der Waals surface area (Å²) in [5.41, 5.74) is 2.72. The average Bonchev–Trinajstić information content (AvgIpc) is 2.97. The van der Waals surface area contributed by atoms with Gasteiger partial charge in [-0.05, 0) is 37.3 Å². The van der Waals surface area contributed by atoms with E-state index in [1.165, 1.54) is 0 Å². The Kier molecular flexibility index (Phi) is 4.01. The van der Waals surface area contributed by atoms with E-state index in [0.717, 1.165) is 17.0 Å². The van der Waals surface area contributed by atoms with Crippen molar-refractivity contribution < 1.29 is 4.79 Å². The summed E-state index contributed by atoms with van der Waals surface area (Å²) in [5, 5.41) is 0. The van der Waals surface area contributed by atoms with Gasteiger partial charge in [-0.3, -0.25) is 4.79 Å². The van der Waals surface area contributed by atoms with Gasteiger partial charge in [0.1, 0.15) is 5.65 Å². The van der Waals surface area contributed by atoms with Crippen molar-refractivity contribution in [3.8, 4) is 0 Å². The van der Waals surface area contributed by atoms with E-state index in [9.17, 15) is 4.79 Å². The van der Waals surface area contributed by atoms with Crippen LogP contribution >= 0.6 is 0 Å².